The monoisotopic (exact) mass is 301 g/mol. The van der Waals surface area contributed by atoms with E-state index < -0.39 is 6.61 Å². The van der Waals surface area contributed by atoms with Gasteiger partial charge in [-0.3, -0.25) is 5.01 Å². The Morgan fingerprint density at radius 3 is 3.14 bits per heavy atom. The summed E-state index contributed by atoms with van der Waals surface area (Å²) in [6.07, 6.45) is 0. The summed E-state index contributed by atoms with van der Waals surface area (Å²) in [5.74, 6) is 0.0676. The highest BCUT2D eigenvalue weighted by atomic mass is 19.3. The normalized spacial score (nSPS) is 15.7. The van der Waals surface area contributed by atoms with E-state index >= 15 is 0 Å². The lowest BCUT2D eigenvalue weighted by molar-refractivity contribution is -0.0498. The third-order valence-electron chi connectivity index (χ3n) is 2.82. The number of carbonyl (C=O) groups excluding carboxylic acids is 1. The zero-order valence-corrected chi connectivity index (χ0v) is 11.4. The van der Waals surface area contributed by atoms with Crippen molar-refractivity contribution in [3.63, 3.8) is 0 Å². The number of benzene rings is 1. The smallest absolute Gasteiger partial charge is 0.387 e. The number of ether oxygens (including phenoxy) is 2. The van der Waals surface area contributed by atoms with E-state index in [2.05, 4.69) is 15.5 Å². The number of rotatable bonds is 4. The molecule has 21 heavy (non-hydrogen) atoms. The van der Waals surface area contributed by atoms with Crippen molar-refractivity contribution in [1.29, 1.82) is 0 Å². The molecule has 1 fully saturated rings. The fourth-order valence-corrected chi connectivity index (χ4v) is 1.87. The van der Waals surface area contributed by atoms with E-state index in [0.29, 0.717) is 31.9 Å². The second-order valence-corrected chi connectivity index (χ2v) is 4.36. The van der Waals surface area contributed by atoms with Crippen LogP contribution in [0.5, 0.6) is 5.75 Å². The lowest BCUT2D eigenvalue weighted by Crippen LogP contribution is -2.48. The Hall–Kier alpha value is -1.93. The molecule has 1 aromatic carbocycles. The highest BCUT2D eigenvalue weighted by Gasteiger charge is 2.14. The van der Waals surface area contributed by atoms with Crippen LogP contribution in [0.4, 0.5) is 13.6 Å². The third kappa shape index (κ3) is 5.16. The van der Waals surface area contributed by atoms with Crippen LogP contribution in [0.2, 0.25) is 0 Å². The molecule has 0 atom stereocenters. The van der Waals surface area contributed by atoms with Gasteiger partial charge >= 0.3 is 12.6 Å². The highest BCUT2D eigenvalue weighted by molar-refractivity contribution is 5.73. The number of nitrogens with zero attached hydrogens (tertiary/aromatic N) is 1. The molecule has 0 spiro atoms. The van der Waals surface area contributed by atoms with Gasteiger partial charge in [-0.15, -0.1) is 0 Å². The Balaban J connectivity index is 1.85. The van der Waals surface area contributed by atoms with Crippen molar-refractivity contribution in [2.75, 3.05) is 26.3 Å². The molecule has 1 aliphatic rings. The quantitative estimate of drug-likeness (QED) is 0.881. The summed E-state index contributed by atoms with van der Waals surface area (Å²) in [5, 5.41) is 4.14. The third-order valence-corrected chi connectivity index (χ3v) is 2.82. The number of alkyl halides is 2. The number of nitrogens with one attached hydrogen (secondary N) is 2. The second-order valence-electron chi connectivity index (χ2n) is 4.36. The Labute approximate surface area is 121 Å². The summed E-state index contributed by atoms with van der Waals surface area (Å²) in [4.78, 5) is 11.9. The maximum Gasteiger partial charge on any atom is 0.387 e. The van der Waals surface area contributed by atoms with E-state index in [1.165, 1.54) is 17.1 Å². The van der Waals surface area contributed by atoms with Crippen molar-refractivity contribution < 1.29 is 23.0 Å². The molecule has 0 aromatic heterocycles. The lowest BCUT2D eigenvalue weighted by Gasteiger charge is -2.20. The SMILES string of the molecule is O=C(NCc1cccc(OC(F)F)c1)N1CCOCCN1. The van der Waals surface area contributed by atoms with Gasteiger partial charge in [0.1, 0.15) is 5.75 Å². The number of urea groups is 1. The van der Waals surface area contributed by atoms with E-state index in [-0.39, 0.29) is 18.3 Å². The average Bonchev–Trinajstić information content (AvgIpc) is 2.73. The molecule has 2 N–H and O–H groups in total. The minimum atomic E-state index is -2.86. The van der Waals surface area contributed by atoms with E-state index in [9.17, 15) is 13.6 Å². The van der Waals surface area contributed by atoms with E-state index in [0.717, 1.165) is 0 Å². The number of halogens is 2. The minimum Gasteiger partial charge on any atom is -0.435 e. The Morgan fingerprint density at radius 1 is 1.48 bits per heavy atom. The van der Waals surface area contributed by atoms with Gasteiger partial charge in [0, 0.05) is 13.1 Å². The molecular weight excluding hydrogens is 284 g/mol. The highest BCUT2D eigenvalue weighted by Crippen LogP contribution is 2.15. The van der Waals surface area contributed by atoms with Crippen LogP contribution in [0.1, 0.15) is 5.56 Å². The summed E-state index contributed by atoms with van der Waals surface area (Å²) < 4.78 is 33.8. The molecule has 2 rings (SSSR count). The summed E-state index contributed by atoms with van der Waals surface area (Å²) in [6.45, 7) is -0.616. The summed E-state index contributed by atoms with van der Waals surface area (Å²) in [7, 11) is 0. The van der Waals surface area contributed by atoms with E-state index in [1.807, 2.05) is 0 Å². The molecule has 8 heteroatoms. The van der Waals surface area contributed by atoms with Crippen molar-refractivity contribution in [3.8, 4) is 5.75 Å². The molecule has 0 radical (unpaired) electrons. The van der Waals surface area contributed by atoms with E-state index in [1.54, 1.807) is 12.1 Å². The van der Waals surface area contributed by atoms with Gasteiger partial charge < -0.3 is 14.8 Å². The van der Waals surface area contributed by atoms with Gasteiger partial charge in [0.15, 0.2) is 0 Å². The van der Waals surface area contributed by atoms with Crippen LogP contribution in [0.15, 0.2) is 24.3 Å². The molecule has 1 saturated heterocycles. The standard InChI is InChI=1S/C13H17F2N3O3/c14-12(15)21-11-3-1-2-10(8-11)9-16-13(19)18-5-7-20-6-4-17-18/h1-3,8,12,17H,4-7,9H2,(H,16,19). The summed E-state index contributed by atoms with van der Waals surface area (Å²) >= 11 is 0. The zero-order valence-electron chi connectivity index (χ0n) is 11.4. The first-order chi connectivity index (χ1) is 10.1. The maximum atomic E-state index is 12.1. The average molecular weight is 301 g/mol. The van der Waals surface area contributed by atoms with Crippen LogP contribution < -0.4 is 15.5 Å². The van der Waals surface area contributed by atoms with Gasteiger partial charge in [-0.05, 0) is 17.7 Å². The molecule has 1 aromatic rings. The number of hydrogen-bond donors (Lipinski definition) is 2. The van der Waals surface area contributed by atoms with Crippen molar-refractivity contribution in [3.05, 3.63) is 29.8 Å². The predicted octanol–water partition coefficient (Wildman–Crippen LogP) is 1.33. The van der Waals surface area contributed by atoms with Gasteiger partial charge in [0.2, 0.25) is 0 Å². The van der Waals surface area contributed by atoms with Gasteiger partial charge in [0.25, 0.3) is 0 Å². The van der Waals surface area contributed by atoms with Gasteiger partial charge in [-0.2, -0.15) is 8.78 Å². The molecule has 0 saturated carbocycles. The maximum absolute atomic E-state index is 12.1. The van der Waals surface area contributed by atoms with Crippen LogP contribution in [-0.4, -0.2) is 44.0 Å². The Bertz CT molecular complexity index is 466. The number of amides is 2. The Morgan fingerprint density at radius 2 is 2.33 bits per heavy atom. The van der Waals surface area contributed by atoms with Crippen molar-refractivity contribution in [2.24, 2.45) is 0 Å². The van der Waals surface area contributed by atoms with Crippen molar-refractivity contribution in [1.82, 2.24) is 15.8 Å². The largest absolute Gasteiger partial charge is 0.435 e. The fourth-order valence-electron chi connectivity index (χ4n) is 1.87. The van der Waals surface area contributed by atoms with Crippen LogP contribution in [0, 0.1) is 0 Å². The number of hydrogen-bond acceptors (Lipinski definition) is 4. The first-order valence-corrected chi connectivity index (χ1v) is 6.55. The number of carbonyl (C=O) groups is 1. The predicted molar refractivity (Wildman–Crippen MR) is 70.8 cm³/mol. The first kappa shape index (κ1) is 15.5. The van der Waals surface area contributed by atoms with Crippen LogP contribution in [0.3, 0.4) is 0 Å². The van der Waals surface area contributed by atoms with Gasteiger partial charge in [0.05, 0.1) is 19.8 Å². The summed E-state index contributed by atoms with van der Waals surface area (Å²) in [5.41, 5.74) is 3.60. The molecule has 116 valence electrons. The van der Waals surface area contributed by atoms with Crippen molar-refractivity contribution >= 4 is 6.03 Å². The molecule has 0 bridgehead atoms. The van der Waals surface area contributed by atoms with Crippen LogP contribution in [0.25, 0.3) is 0 Å². The second kappa shape index (κ2) is 7.75. The lowest BCUT2D eigenvalue weighted by atomic mass is 10.2. The zero-order chi connectivity index (χ0) is 15.1. The fraction of sp³-hybridized carbons (Fsp3) is 0.462. The first-order valence-electron chi connectivity index (χ1n) is 6.55. The molecular formula is C13H17F2N3O3. The van der Waals surface area contributed by atoms with Crippen LogP contribution >= 0.6 is 0 Å². The molecule has 0 unspecified atom stereocenters. The Kier molecular flexibility index (Phi) is 5.70. The van der Waals surface area contributed by atoms with Crippen molar-refractivity contribution in [2.45, 2.75) is 13.2 Å². The molecule has 1 heterocycles. The minimum absolute atomic E-state index is 0.0676. The summed E-state index contributed by atoms with van der Waals surface area (Å²) in [6, 6.07) is 5.92. The topological polar surface area (TPSA) is 62.8 Å². The molecule has 0 aliphatic carbocycles. The van der Waals surface area contributed by atoms with Gasteiger partial charge in [-0.25, -0.2) is 10.2 Å². The molecule has 6 nitrogen and oxygen atoms in total. The number of hydrazine groups is 1. The molecule has 1 aliphatic heterocycles. The van der Waals surface area contributed by atoms with Gasteiger partial charge in [-0.1, -0.05) is 12.1 Å². The van der Waals surface area contributed by atoms with E-state index in [4.69, 9.17) is 4.74 Å². The molecule has 2 amide bonds. The van der Waals surface area contributed by atoms with Crippen LogP contribution in [-0.2, 0) is 11.3 Å².